The molecule has 2 aliphatic rings. The number of amides is 2. The fourth-order valence-electron chi connectivity index (χ4n) is 6.63. The summed E-state index contributed by atoms with van der Waals surface area (Å²) in [4.78, 5) is 44.1. The number of hydrogen-bond donors (Lipinski definition) is 3. The van der Waals surface area contributed by atoms with E-state index in [4.69, 9.17) is 10.8 Å². The van der Waals surface area contributed by atoms with Gasteiger partial charge in [-0.25, -0.2) is 0 Å². The van der Waals surface area contributed by atoms with E-state index in [9.17, 15) is 14.4 Å². The highest BCUT2D eigenvalue weighted by Gasteiger charge is 2.18. The summed E-state index contributed by atoms with van der Waals surface area (Å²) in [6.07, 6.45) is 11.7. The molecule has 2 amide bonds. The summed E-state index contributed by atoms with van der Waals surface area (Å²) in [7, 11) is 1.00. The van der Waals surface area contributed by atoms with E-state index < -0.39 is 5.91 Å². The molecule has 1 aliphatic heterocycles. The van der Waals surface area contributed by atoms with Crippen molar-refractivity contribution in [2.45, 2.75) is 62.0 Å². The Morgan fingerprint density at radius 2 is 1.51 bits per heavy atom. The normalized spacial score (nSPS) is 13.3. The summed E-state index contributed by atoms with van der Waals surface area (Å²) in [5.41, 5.74) is 14.6. The second kappa shape index (κ2) is 20.1. The van der Waals surface area contributed by atoms with Crippen molar-refractivity contribution in [1.82, 2.24) is 4.98 Å². The molecular formula is C44H48N4O4S. The number of pyridine rings is 1. The van der Waals surface area contributed by atoms with Crippen LogP contribution in [0, 0.1) is 0 Å². The van der Waals surface area contributed by atoms with Gasteiger partial charge in [0, 0.05) is 65.8 Å². The number of fused-ring (bicyclic) bond motifs is 1. The fraction of sp³-hybridized carbons (Fsp3) is 0.273. The lowest BCUT2D eigenvalue weighted by molar-refractivity contribution is -0.107. The average molecular weight is 729 g/mol. The molecule has 2 heterocycles. The summed E-state index contributed by atoms with van der Waals surface area (Å²) in [5.74, 6) is -0.0786. The highest BCUT2D eigenvalue weighted by Crippen LogP contribution is 2.33. The van der Waals surface area contributed by atoms with Gasteiger partial charge in [-0.15, -0.1) is 11.8 Å². The molecule has 1 aromatic heterocycles. The molecule has 1 aliphatic carbocycles. The Bertz CT molecular complexity index is 1970. The molecule has 4 N–H and O–H groups in total. The van der Waals surface area contributed by atoms with Crippen molar-refractivity contribution in [1.29, 1.82) is 0 Å². The predicted octanol–water partition coefficient (Wildman–Crippen LogP) is 8.30. The number of anilines is 2. The quantitative estimate of drug-likeness (QED) is 0.0976. The van der Waals surface area contributed by atoms with Crippen LogP contribution < -0.4 is 16.0 Å². The van der Waals surface area contributed by atoms with E-state index in [1.54, 1.807) is 47.3 Å². The highest BCUT2D eigenvalue weighted by atomic mass is 32.2. The zero-order valence-electron chi connectivity index (χ0n) is 30.3. The van der Waals surface area contributed by atoms with Crippen LogP contribution in [0.25, 0.3) is 11.3 Å². The number of rotatable bonds is 10. The Morgan fingerprint density at radius 1 is 0.792 bits per heavy atom. The molecule has 0 atom stereocenters. The van der Waals surface area contributed by atoms with Crippen LogP contribution in [0.3, 0.4) is 0 Å². The maximum absolute atomic E-state index is 13.4. The number of nitrogens with zero attached hydrogens (tertiary/aromatic N) is 2. The number of aromatic nitrogens is 1. The van der Waals surface area contributed by atoms with Crippen molar-refractivity contribution in [3.63, 3.8) is 0 Å². The van der Waals surface area contributed by atoms with Crippen LogP contribution in [0.2, 0.25) is 0 Å². The van der Waals surface area contributed by atoms with Crippen molar-refractivity contribution >= 4 is 41.2 Å². The zero-order valence-corrected chi connectivity index (χ0v) is 31.1. The van der Waals surface area contributed by atoms with Gasteiger partial charge in [0.15, 0.2) is 0 Å². The van der Waals surface area contributed by atoms with Gasteiger partial charge in [0.25, 0.3) is 5.91 Å². The molecule has 4 aromatic carbocycles. The third kappa shape index (κ3) is 11.1. The molecule has 0 bridgehead atoms. The molecule has 0 spiro atoms. The third-order valence-electron chi connectivity index (χ3n) is 9.37. The van der Waals surface area contributed by atoms with Crippen molar-refractivity contribution < 1.29 is 19.5 Å². The molecule has 0 radical (unpaired) electrons. The van der Waals surface area contributed by atoms with E-state index in [1.807, 2.05) is 60.7 Å². The number of thioether (sulfide) groups is 1. The van der Waals surface area contributed by atoms with Crippen molar-refractivity contribution in [3.8, 4) is 11.3 Å². The first-order valence-corrected chi connectivity index (χ1v) is 19.2. The van der Waals surface area contributed by atoms with Gasteiger partial charge in [0.1, 0.15) is 6.29 Å². The van der Waals surface area contributed by atoms with E-state index in [0.29, 0.717) is 34.7 Å². The standard InChI is InChI=1S/C33H32N4O3S.C10H12.CH4O/c34-32(39)25-12-14-35-31(20-25)29-21-27(37-15-2-1-3-16-37)10-11-30(29)36-33(40)26-8-4-7-24(18-26)22-41-28-9-5-6-23(19-28)13-17-38;1-2-6-10-8-4-3-7-9(10)5-1;1-2/h4-12,14,17-21H,1-3,13,15-16,22H2,(H2,34,39)(H,36,40);1-2,5-6H,3-4,7-8H2;2H,1H3. The molecule has 274 valence electrons. The first kappa shape index (κ1) is 39.0. The first-order chi connectivity index (χ1) is 26.0. The van der Waals surface area contributed by atoms with Crippen molar-refractivity contribution in [3.05, 3.63) is 143 Å². The largest absolute Gasteiger partial charge is 0.400 e. The van der Waals surface area contributed by atoms with Gasteiger partial charge in [-0.05, 0) is 122 Å². The Labute approximate surface area is 316 Å². The second-order valence-electron chi connectivity index (χ2n) is 13.0. The monoisotopic (exact) mass is 728 g/mol. The van der Waals surface area contributed by atoms with Crippen molar-refractivity contribution in [2.75, 3.05) is 30.4 Å². The lowest BCUT2D eigenvalue weighted by atomic mass is 9.92. The maximum Gasteiger partial charge on any atom is 0.255 e. The molecule has 9 heteroatoms. The van der Waals surface area contributed by atoms with Gasteiger partial charge in [-0.3, -0.25) is 14.6 Å². The van der Waals surface area contributed by atoms with Crippen LogP contribution in [0.4, 0.5) is 11.4 Å². The minimum Gasteiger partial charge on any atom is -0.400 e. The van der Waals surface area contributed by atoms with E-state index in [2.05, 4.69) is 39.5 Å². The Hall–Kier alpha value is -5.25. The fourth-order valence-corrected chi connectivity index (χ4v) is 7.55. The van der Waals surface area contributed by atoms with Crippen LogP contribution in [0.5, 0.6) is 0 Å². The van der Waals surface area contributed by atoms with E-state index in [1.165, 1.54) is 32.1 Å². The number of hydrogen-bond acceptors (Lipinski definition) is 7. The Balaban J connectivity index is 0.000000382. The number of primary amides is 1. The molecule has 0 saturated carbocycles. The van der Waals surface area contributed by atoms with E-state index in [-0.39, 0.29) is 5.91 Å². The van der Waals surface area contributed by atoms with Gasteiger partial charge < -0.3 is 25.9 Å². The van der Waals surface area contributed by atoms with Crippen molar-refractivity contribution in [2.24, 2.45) is 5.73 Å². The number of benzene rings is 4. The number of aliphatic hydroxyl groups is 1. The SMILES string of the molecule is CO.NC(=O)c1ccnc(-c2cc(N3CCCCC3)ccc2NC(=O)c2cccc(CSc3cccc(CC=O)c3)c2)c1.c1ccc2c(c1)CCCC2. The number of aldehydes is 1. The zero-order chi connectivity index (χ0) is 37.4. The molecule has 8 nitrogen and oxygen atoms in total. The van der Waals surface area contributed by atoms with Gasteiger partial charge in [0.05, 0.1) is 11.4 Å². The van der Waals surface area contributed by atoms with Crippen LogP contribution in [-0.2, 0) is 29.8 Å². The number of carbonyl (C=O) groups excluding carboxylic acids is 3. The molecular weight excluding hydrogens is 681 g/mol. The second-order valence-corrected chi connectivity index (χ2v) is 14.1. The van der Waals surface area contributed by atoms with Gasteiger partial charge in [0.2, 0.25) is 5.91 Å². The van der Waals surface area contributed by atoms with Crippen LogP contribution in [0.1, 0.15) is 75.1 Å². The Morgan fingerprint density at radius 3 is 2.23 bits per heavy atom. The smallest absolute Gasteiger partial charge is 0.255 e. The van der Waals surface area contributed by atoms with E-state index >= 15 is 0 Å². The summed E-state index contributed by atoms with van der Waals surface area (Å²) in [6, 6.07) is 33.5. The number of piperidine rings is 1. The maximum atomic E-state index is 13.4. The predicted molar refractivity (Wildman–Crippen MR) is 216 cm³/mol. The lowest BCUT2D eigenvalue weighted by Crippen LogP contribution is -2.29. The lowest BCUT2D eigenvalue weighted by Gasteiger charge is -2.29. The van der Waals surface area contributed by atoms with Gasteiger partial charge in [-0.2, -0.15) is 0 Å². The summed E-state index contributed by atoms with van der Waals surface area (Å²) in [6.45, 7) is 1.96. The van der Waals surface area contributed by atoms with E-state index in [0.717, 1.165) is 66.6 Å². The first-order valence-electron chi connectivity index (χ1n) is 18.2. The molecule has 1 saturated heterocycles. The molecule has 53 heavy (non-hydrogen) atoms. The van der Waals surface area contributed by atoms with Gasteiger partial charge in [-0.1, -0.05) is 48.5 Å². The molecule has 1 fully saturated rings. The third-order valence-corrected chi connectivity index (χ3v) is 10.4. The van der Waals surface area contributed by atoms with Crippen LogP contribution in [-0.4, -0.2) is 48.4 Å². The van der Waals surface area contributed by atoms with Gasteiger partial charge >= 0.3 is 0 Å². The number of aliphatic hydroxyl groups excluding tert-OH is 1. The summed E-state index contributed by atoms with van der Waals surface area (Å²) in [5, 5.41) is 10.1. The summed E-state index contributed by atoms with van der Waals surface area (Å²) < 4.78 is 0. The molecule has 0 unspecified atom stereocenters. The molecule has 5 aromatic rings. The topological polar surface area (TPSA) is 126 Å². The molecule has 7 rings (SSSR count). The minimum atomic E-state index is -0.531. The Kier molecular flexibility index (Phi) is 14.8. The van der Waals surface area contributed by atoms with Crippen LogP contribution >= 0.6 is 11.8 Å². The highest BCUT2D eigenvalue weighted by molar-refractivity contribution is 7.98. The number of nitrogens with two attached hydrogens (primary N) is 1. The van der Waals surface area contributed by atoms with Crippen LogP contribution in [0.15, 0.2) is 114 Å². The number of nitrogens with one attached hydrogen (secondary N) is 1. The number of aryl methyl sites for hydroxylation is 2. The summed E-state index contributed by atoms with van der Waals surface area (Å²) >= 11 is 1.66. The average Bonchev–Trinajstić information content (AvgIpc) is 3.22. The number of carbonyl (C=O) groups is 3. The minimum absolute atomic E-state index is 0.233.